The number of nitrogens with zero attached hydrogens (tertiary/aromatic N) is 4. The maximum absolute atomic E-state index is 12.6. The minimum absolute atomic E-state index is 0.0475. The van der Waals surface area contributed by atoms with E-state index in [9.17, 15) is 4.79 Å². The summed E-state index contributed by atoms with van der Waals surface area (Å²) < 4.78 is 1.98. The Bertz CT molecular complexity index is 1030. The van der Waals surface area contributed by atoms with Crippen LogP contribution in [0.1, 0.15) is 29.9 Å². The first-order chi connectivity index (χ1) is 14.3. The van der Waals surface area contributed by atoms with Gasteiger partial charge in [-0.15, -0.1) is 10.2 Å². The fourth-order valence-corrected chi connectivity index (χ4v) is 3.80. The van der Waals surface area contributed by atoms with E-state index < -0.39 is 0 Å². The molecular formula is C22H26ClN5OS. The number of hydrogen-bond donors (Lipinski definition) is 1. The van der Waals surface area contributed by atoms with E-state index in [0.717, 1.165) is 28.3 Å². The van der Waals surface area contributed by atoms with Crippen LogP contribution in [0.3, 0.4) is 0 Å². The molecule has 1 unspecified atom stereocenters. The number of aromatic nitrogens is 3. The third-order valence-electron chi connectivity index (χ3n) is 5.10. The minimum atomic E-state index is -0.0819. The monoisotopic (exact) mass is 443 g/mol. The average Bonchev–Trinajstić information content (AvgIpc) is 3.13. The van der Waals surface area contributed by atoms with Crippen LogP contribution >= 0.6 is 23.4 Å². The number of halogens is 1. The van der Waals surface area contributed by atoms with Crippen molar-refractivity contribution in [3.63, 3.8) is 0 Å². The summed E-state index contributed by atoms with van der Waals surface area (Å²) >= 11 is 7.42. The van der Waals surface area contributed by atoms with E-state index in [0.29, 0.717) is 10.2 Å². The van der Waals surface area contributed by atoms with Gasteiger partial charge in [0.1, 0.15) is 0 Å². The zero-order valence-electron chi connectivity index (χ0n) is 17.8. The molecule has 6 nitrogen and oxygen atoms in total. The molecule has 30 heavy (non-hydrogen) atoms. The number of thioether (sulfide) groups is 1. The van der Waals surface area contributed by atoms with Gasteiger partial charge in [-0.3, -0.25) is 14.3 Å². The number of benzene rings is 2. The van der Waals surface area contributed by atoms with Crippen molar-refractivity contribution in [1.82, 2.24) is 19.7 Å². The highest BCUT2D eigenvalue weighted by Gasteiger charge is 2.21. The Balaban J connectivity index is 1.82. The van der Waals surface area contributed by atoms with Gasteiger partial charge in [0, 0.05) is 16.4 Å². The first-order valence-electron chi connectivity index (χ1n) is 9.64. The maximum atomic E-state index is 12.6. The number of hydrogen-bond acceptors (Lipinski definition) is 5. The number of carbonyl (C=O) groups is 1. The van der Waals surface area contributed by atoms with Crippen molar-refractivity contribution in [2.45, 2.75) is 32.0 Å². The molecule has 0 fully saturated rings. The number of amides is 1. The standard InChI is InChI=1S/C22H26ClN5OS/c1-14-7-6-8-19(15(14)2)24-20(29)13-30-22-26-25-21(16(3)27(4)5)28(22)18-11-9-17(23)10-12-18/h6-12,16H,13H2,1-5H3,(H,24,29). The first kappa shape index (κ1) is 22.3. The third-order valence-corrected chi connectivity index (χ3v) is 6.28. The normalized spacial score (nSPS) is 12.2. The molecule has 158 valence electrons. The van der Waals surface area contributed by atoms with E-state index in [1.54, 1.807) is 0 Å². The van der Waals surface area contributed by atoms with Crippen LogP contribution in [-0.4, -0.2) is 45.4 Å². The van der Waals surface area contributed by atoms with Gasteiger partial charge >= 0.3 is 0 Å². The van der Waals surface area contributed by atoms with Gasteiger partial charge in [0.25, 0.3) is 0 Å². The highest BCUT2D eigenvalue weighted by molar-refractivity contribution is 7.99. The van der Waals surface area contributed by atoms with E-state index in [1.807, 2.05) is 75.0 Å². The van der Waals surface area contributed by atoms with Gasteiger partial charge in [0.05, 0.1) is 11.8 Å². The molecule has 1 atom stereocenters. The van der Waals surface area contributed by atoms with Crippen molar-refractivity contribution in [3.05, 3.63) is 64.4 Å². The summed E-state index contributed by atoms with van der Waals surface area (Å²) in [5, 5.41) is 13.1. The van der Waals surface area contributed by atoms with Crippen molar-refractivity contribution in [2.24, 2.45) is 0 Å². The van der Waals surface area contributed by atoms with E-state index in [2.05, 4.69) is 27.3 Å². The lowest BCUT2D eigenvalue weighted by Gasteiger charge is -2.20. The van der Waals surface area contributed by atoms with Crippen molar-refractivity contribution >= 4 is 35.0 Å². The predicted octanol–water partition coefficient (Wildman–Crippen LogP) is 4.89. The number of carbonyl (C=O) groups excluding carboxylic acids is 1. The van der Waals surface area contributed by atoms with E-state index in [4.69, 9.17) is 11.6 Å². The van der Waals surface area contributed by atoms with Gasteiger partial charge in [0.15, 0.2) is 11.0 Å². The largest absolute Gasteiger partial charge is 0.325 e. The zero-order valence-corrected chi connectivity index (χ0v) is 19.4. The van der Waals surface area contributed by atoms with Gasteiger partial charge in [0.2, 0.25) is 5.91 Å². The number of aryl methyl sites for hydroxylation is 1. The molecule has 1 aromatic heterocycles. The molecule has 3 rings (SSSR count). The zero-order chi connectivity index (χ0) is 21.8. The summed E-state index contributed by atoms with van der Waals surface area (Å²) in [6.45, 7) is 6.10. The van der Waals surface area contributed by atoms with Crippen molar-refractivity contribution in [1.29, 1.82) is 0 Å². The number of rotatable bonds is 7. The van der Waals surface area contributed by atoms with Crippen LogP contribution in [0.15, 0.2) is 47.6 Å². The van der Waals surface area contributed by atoms with Crippen LogP contribution in [-0.2, 0) is 4.79 Å². The Kier molecular flexibility index (Phi) is 7.18. The average molecular weight is 444 g/mol. The molecule has 0 aliphatic carbocycles. The number of nitrogens with one attached hydrogen (secondary N) is 1. The molecule has 0 aliphatic heterocycles. The van der Waals surface area contributed by atoms with Gasteiger partial charge in [-0.05, 0) is 76.3 Å². The maximum Gasteiger partial charge on any atom is 0.234 e. The van der Waals surface area contributed by atoms with Gasteiger partial charge in [-0.2, -0.15) is 0 Å². The van der Waals surface area contributed by atoms with Crippen LogP contribution in [0.5, 0.6) is 0 Å². The van der Waals surface area contributed by atoms with Crippen LogP contribution in [0.2, 0.25) is 5.02 Å². The molecule has 3 aromatic rings. The van der Waals surface area contributed by atoms with Crippen LogP contribution in [0.4, 0.5) is 5.69 Å². The Labute approximate surface area is 186 Å². The highest BCUT2D eigenvalue weighted by atomic mass is 35.5. The van der Waals surface area contributed by atoms with E-state index in [-0.39, 0.29) is 17.7 Å². The van der Waals surface area contributed by atoms with Gasteiger partial charge in [-0.25, -0.2) is 0 Å². The molecule has 0 saturated heterocycles. The lowest BCUT2D eigenvalue weighted by molar-refractivity contribution is -0.113. The molecular weight excluding hydrogens is 418 g/mol. The van der Waals surface area contributed by atoms with E-state index >= 15 is 0 Å². The van der Waals surface area contributed by atoms with Crippen LogP contribution in [0, 0.1) is 13.8 Å². The molecule has 2 aromatic carbocycles. The molecule has 0 bridgehead atoms. The Morgan fingerprint density at radius 3 is 2.53 bits per heavy atom. The Morgan fingerprint density at radius 2 is 1.87 bits per heavy atom. The van der Waals surface area contributed by atoms with Crippen LogP contribution < -0.4 is 5.32 Å². The second-order valence-corrected chi connectivity index (χ2v) is 8.76. The Morgan fingerprint density at radius 1 is 1.17 bits per heavy atom. The molecule has 0 saturated carbocycles. The summed E-state index contributed by atoms with van der Waals surface area (Å²) in [6.07, 6.45) is 0. The highest BCUT2D eigenvalue weighted by Crippen LogP contribution is 2.28. The summed E-state index contributed by atoms with van der Waals surface area (Å²) in [5.74, 6) is 0.955. The predicted molar refractivity (Wildman–Crippen MR) is 124 cm³/mol. The molecule has 1 heterocycles. The SMILES string of the molecule is Cc1cccc(NC(=O)CSc2nnc(C(C)N(C)C)n2-c2ccc(Cl)cc2)c1C. The molecule has 1 amide bonds. The lowest BCUT2D eigenvalue weighted by Crippen LogP contribution is -2.21. The van der Waals surface area contributed by atoms with Crippen LogP contribution in [0.25, 0.3) is 5.69 Å². The molecule has 0 spiro atoms. The summed E-state index contributed by atoms with van der Waals surface area (Å²) in [7, 11) is 3.99. The van der Waals surface area contributed by atoms with Crippen molar-refractivity contribution < 1.29 is 4.79 Å². The minimum Gasteiger partial charge on any atom is -0.325 e. The van der Waals surface area contributed by atoms with Crippen molar-refractivity contribution in [2.75, 3.05) is 25.2 Å². The topological polar surface area (TPSA) is 63.1 Å². The molecule has 0 aliphatic rings. The summed E-state index contributed by atoms with van der Waals surface area (Å²) in [5.41, 5.74) is 3.96. The third kappa shape index (κ3) is 5.03. The summed E-state index contributed by atoms with van der Waals surface area (Å²) in [4.78, 5) is 14.6. The fourth-order valence-electron chi connectivity index (χ4n) is 2.91. The molecule has 0 radical (unpaired) electrons. The first-order valence-corrected chi connectivity index (χ1v) is 11.0. The van der Waals surface area contributed by atoms with E-state index in [1.165, 1.54) is 11.8 Å². The molecule has 8 heteroatoms. The second-order valence-electron chi connectivity index (χ2n) is 7.38. The summed E-state index contributed by atoms with van der Waals surface area (Å²) in [6, 6.07) is 13.5. The number of anilines is 1. The van der Waals surface area contributed by atoms with Crippen molar-refractivity contribution in [3.8, 4) is 5.69 Å². The second kappa shape index (κ2) is 9.64. The fraction of sp³-hybridized carbons (Fsp3) is 0.318. The van der Waals surface area contributed by atoms with Gasteiger partial charge < -0.3 is 5.32 Å². The lowest BCUT2D eigenvalue weighted by atomic mass is 10.1. The quantitative estimate of drug-likeness (QED) is 0.526. The van der Waals surface area contributed by atoms with Gasteiger partial charge in [-0.1, -0.05) is 35.5 Å². The molecule has 1 N–H and O–H groups in total. The Hall–Kier alpha value is -2.35. The smallest absolute Gasteiger partial charge is 0.234 e.